The summed E-state index contributed by atoms with van der Waals surface area (Å²) >= 11 is 0. The lowest BCUT2D eigenvalue weighted by Crippen LogP contribution is -2.54. The van der Waals surface area contributed by atoms with Crippen LogP contribution in [0.15, 0.2) is 0 Å². The van der Waals surface area contributed by atoms with Gasteiger partial charge in [0, 0.05) is 19.6 Å². The summed E-state index contributed by atoms with van der Waals surface area (Å²) in [6.45, 7) is 4.64. The summed E-state index contributed by atoms with van der Waals surface area (Å²) < 4.78 is 0. The molecule has 3 nitrogen and oxygen atoms in total. The first-order valence-corrected chi connectivity index (χ1v) is 5.67. The highest BCUT2D eigenvalue weighted by molar-refractivity contribution is 5.84. The Morgan fingerprint density at radius 1 is 1.43 bits per heavy atom. The maximum atomic E-state index is 12.2. The molecule has 1 aliphatic carbocycles. The number of nitrogens with zero attached hydrogens (tertiary/aromatic N) is 1. The van der Waals surface area contributed by atoms with E-state index >= 15 is 0 Å². The maximum Gasteiger partial charge on any atom is 0.230 e. The third kappa shape index (κ3) is 1.44. The molecule has 1 aliphatic heterocycles. The predicted molar refractivity (Wildman–Crippen MR) is 55.7 cm³/mol. The lowest BCUT2D eigenvalue weighted by atomic mass is 9.62. The summed E-state index contributed by atoms with van der Waals surface area (Å²) in [6, 6.07) is 0. The highest BCUT2D eigenvalue weighted by Gasteiger charge is 2.49. The van der Waals surface area contributed by atoms with E-state index in [9.17, 15) is 4.79 Å². The summed E-state index contributed by atoms with van der Waals surface area (Å²) in [4.78, 5) is 14.2. The Kier molecular flexibility index (Phi) is 2.52. The van der Waals surface area contributed by atoms with Gasteiger partial charge < -0.3 is 10.6 Å². The lowest BCUT2D eigenvalue weighted by Gasteiger charge is -2.46. The molecule has 0 aromatic rings. The van der Waals surface area contributed by atoms with E-state index in [1.165, 1.54) is 12.8 Å². The lowest BCUT2D eigenvalue weighted by molar-refractivity contribution is -0.148. The number of hydrogen-bond donors (Lipinski definition) is 1. The Labute approximate surface area is 85.6 Å². The first-order chi connectivity index (χ1) is 6.68. The molecule has 14 heavy (non-hydrogen) atoms. The molecule has 1 saturated carbocycles. The van der Waals surface area contributed by atoms with Crippen LogP contribution < -0.4 is 5.73 Å². The smallest absolute Gasteiger partial charge is 0.230 e. The normalized spacial score (nSPS) is 37.0. The van der Waals surface area contributed by atoms with Crippen molar-refractivity contribution in [2.24, 2.45) is 17.1 Å². The molecule has 1 heterocycles. The van der Waals surface area contributed by atoms with Crippen molar-refractivity contribution in [2.75, 3.05) is 19.6 Å². The fraction of sp³-hybridized carbons (Fsp3) is 0.909. The molecule has 0 spiro atoms. The molecule has 3 heteroatoms. The predicted octanol–water partition coefficient (Wildman–Crippen LogP) is 0.984. The third-order valence-electron chi connectivity index (χ3n) is 3.72. The van der Waals surface area contributed by atoms with E-state index in [-0.39, 0.29) is 5.41 Å². The zero-order valence-corrected chi connectivity index (χ0v) is 8.96. The Bertz CT molecular complexity index is 227. The second-order valence-corrected chi connectivity index (χ2v) is 5.00. The van der Waals surface area contributed by atoms with Crippen molar-refractivity contribution < 1.29 is 4.79 Å². The van der Waals surface area contributed by atoms with Gasteiger partial charge in [-0.3, -0.25) is 4.79 Å². The first kappa shape index (κ1) is 9.97. The van der Waals surface area contributed by atoms with E-state index in [2.05, 4.69) is 6.92 Å². The van der Waals surface area contributed by atoms with Gasteiger partial charge in [0.25, 0.3) is 0 Å². The van der Waals surface area contributed by atoms with Crippen LogP contribution >= 0.6 is 0 Å². The molecule has 0 aromatic carbocycles. The van der Waals surface area contributed by atoms with E-state index in [1.807, 2.05) is 4.90 Å². The van der Waals surface area contributed by atoms with Crippen LogP contribution in [0.4, 0.5) is 0 Å². The fourth-order valence-electron chi connectivity index (χ4n) is 2.96. The standard InChI is InChI=1S/C11H20N2O/c1-9-6-11(7-9,8-12)10(14)13-4-2-3-5-13/h9H,2-8,12H2,1H3. The number of rotatable bonds is 2. The minimum absolute atomic E-state index is 0.177. The molecule has 2 fully saturated rings. The van der Waals surface area contributed by atoms with Crippen molar-refractivity contribution in [3.8, 4) is 0 Å². The zero-order valence-electron chi connectivity index (χ0n) is 8.96. The van der Waals surface area contributed by atoms with Gasteiger partial charge in [0.15, 0.2) is 0 Å². The van der Waals surface area contributed by atoms with Gasteiger partial charge in [-0.1, -0.05) is 6.92 Å². The first-order valence-electron chi connectivity index (χ1n) is 5.67. The van der Waals surface area contributed by atoms with E-state index in [4.69, 9.17) is 5.73 Å². The highest BCUT2D eigenvalue weighted by Crippen LogP contribution is 2.46. The molecule has 2 rings (SSSR count). The van der Waals surface area contributed by atoms with Gasteiger partial charge in [0.05, 0.1) is 5.41 Å². The van der Waals surface area contributed by atoms with Crippen LogP contribution in [0.1, 0.15) is 32.6 Å². The van der Waals surface area contributed by atoms with Crippen LogP contribution in [-0.2, 0) is 4.79 Å². The highest BCUT2D eigenvalue weighted by atomic mass is 16.2. The van der Waals surface area contributed by atoms with Crippen LogP contribution in [0.5, 0.6) is 0 Å². The van der Waals surface area contributed by atoms with Crippen LogP contribution in [0, 0.1) is 11.3 Å². The van der Waals surface area contributed by atoms with Crippen molar-refractivity contribution in [3.63, 3.8) is 0 Å². The Morgan fingerprint density at radius 2 is 2.00 bits per heavy atom. The van der Waals surface area contributed by atoms with E-state index in [1.54, 1.807) is 0 Å². The van der Waals surface area contributed by atoms with Gasteiger partial charge >= 0.3 is 0 Å². The molecule has 0 bridgehead atoms. The largest absolute Gasteiger partial charge is 0.342 e. The van der Waals surface area contributed by atoms with Crippen molar-refractivity contribution >= 4 is 5.91 Å². The molecule has 0 aromatic heterocycles. The Balaban J connectivity index is 2.01. The molecule has 2 N–H and O–H groups in total. The van der Waals surface area contributed by atoms with Gasteiger partial charge in [0.1, 0.15) is 0 Å². The van der Waals surface area contributed by atoms with Crippen molar-refractivity contribution in [2.45, 2.75) is 32.6 Å². The average molecular weight is 196 g/mol. The molecule has 2 aliphatic rings. The number of carbonyl (C=O) groups excluding carboxylic acids is 1. The van der Waals surface area contributed by atoms with Crippen LogP contribution in [0.2, 0.25) is 0 Å². The second-order valence-electron chi connectivity index (χ2n) is 5.00. The number of hydrogen-bond acceptors (Lipinski definition) is 2. The van der Waals surface area contributed by atoms with E-state index in [0.29, 0.717) is 18.4 Å². The van der Waals surface area contributed by atoms with Gasteiger partial charge in [-0.05, 0) is 31.6 Å². The summed E-state index contributed by atoms with van der Waals surface area (Å²) in [6.07, 6.45) is 4.33. The van der Waals surface area contributed by atoms with Crippen molar-refractivity contribution in [1.82, 2.24) is 4.90 Å². The van der Waals surface area contributed by atoms with Crippen LogP contribution in [0.3, 0.4) is 0 Å². The summed E-state index contributed by atoms with van der Waals surface area (Å²) in [5, 5.41) is 0. The Morgan fingerprint density at radius 3 is 2.43 bits per heavy atom. The van der Waals surface area contributed by atoms with Gasteiger partial charge in [0.2, 0.25) is 5.91 Å². The molecule has 1 saturated heterocycles. The maximum absolute atomic E-state index is 12.2. The van der Waals surface area contributed by atoms with Crippen LogP contribution in [-0.4, -0.2) is 30.4 Å². The van der Waals surface area contributed by atoms with Crippen LogP contribution in [0.25, 0.3) is 0 Å². The molecular weight excluding hydrogens is 176 g/mol. The summed E-state index contributed by atoms with van der Waals surface area (Å²) in [7, 11) is 0. The minimum Gasteiger partial charge on any atom is -0.342 e. The molecule has 80 valence electrons. The minimum atomic E-state index is -0.177. The second kappa shape index (κ2) is 3.54. The average Bonchev–Trinajstić information content (AvgIpc) is 2.64. The van der Waals surface area contributed by atoms with Crippen molar-refractivity contribution in [3.05, 3.63) is 0 Å². The number of likely N-dealkylation sites (tertiary alicyclic amines) is 1. The van der Waals surface area contributed by atoms with E-state index < -0.39 is 0 Å². The monoisotopic (exact) mass is 196 g/mol. The zero-order chi connectivity index (χ0) is 10.2. The quantitative estimate of drug-likeness (QED) is 0.715. The fourth-order valence-corrected chi connectivity index (χ4v) is 2.96. The molecular formula is C11H20N2O. The number of carbonyl (C=O) groups is 1. The van der Waals surface area contributed by atoms with E-state index in [0.717, 1.165) is 25.9 Å². The number of amides is 1. The molecule has 0 unspecified atom stereocenters. The van der Waals surface area contributed by atoms with Gasteiger partial charge in [-0.2, -0.15) is 0 Å². The van der Waals surface area contributed by atoms with Gasteiger partial charge in [-0.25, -0.2) is 0 Å². The SMILES string of the molecule is CC1CC(CN)(C(=O)N2CCCC2)C1. The topological polar surface area (TPSA) is 46.3 Å². The van der Waals surface area contributed by atoms with Crippen molar-refractivity contribution in [1.29, 1.82) is 0 Å². The molecule has 0 radical (unpaired) electrons. The molecule has 0 atom stereocenters. The summed E-state index contributed by atoms with van der Waals surface area (Å²) in [5.41, 5.74) is 5.58. The number of nitrogens with two attached hydrogens (primary N) is 1. The molecule has 1 amide bonds. The third-order valence-corrected chi connectivity index (χ3v) is 3.72. The van der Waals surface area contributed by atoms with Gasteiger partial charge in [-0.15, -0.1) is 0 Å². The Hall–Kier alpha value is -0.570. The summed E-state index contributed by atoms with van der Waals surface area (Å²) in [5.74, 6) is 1.01.